The zero-order chi connectivity index (χ0) is 14.8. The Hall–Kier alpha value is -1.75. The maximum atomic E-state index is 11.4. The van der Waals surface area contributed by atoms with Crippen molar-refractivity contribution >= 4 is 29.8 Å². The van der Waals surface area contributed by atoms with Crippen LogP contribution in [0.5, 0.6) is 0 Å². The maximum Gasteiger partial charge on any atom is 0.337 e. The zero-order valence-corrected chi connectivity index (χ0v) is 12.4. The number of hydrogen-bond acceptors (Lipinski definition) is 5. The number of carbonyl (C=O) groups is 2. The topological polar surface area (TPSA) is 52.6 Å². The van der Waals surface area contributed by atoms with Gasteiger partial charge in [0.05, 0.1) is 12.7 Å². The van der Waals surface area contributed by atoms with Crippen LogP contribution in [-0.2, 0) is 14.3 Å². The van der Waals surface area contributed by atoms with Crippen molar-refractivity contribution in [1.29, 1.82) is 0 Å². The molecule has 0 atom stereocenters. The van der Waals surface area contributed by atoms with Crippen LogP contribution in [-0.4, -0.2) is 37.2 Å². The van der Waals surface area contributed by atoms with Crippen molar-refractivity contribution in [2.24, 2.45) is 0 Å². The molecule has 0 amide bonds. The van der Waals surface area contributed by atoms with E-state index < -0.39 is 0 Å². The lowest BCUT2D eigenvalue weighted by atomic mass is 10.1. The molecule has 0 aliphatic heterocycles. The summed E-state index contributed by atoms with van der Waals surface area (Å²) in [5.41, 5.74) is 1.29. The summed E-state index contributed by atoms with van der Waals surface area (Å²) in [6.45, 7) is 2.48. The minimum absolute atomic E-state index is 0.362. The van der Waals surface area contributed by atoms with E-state index in [1.54, 1.807) is 42.1 Å². The van der Waals surface area contributed by atoms with Gasteiger partial charge in [-0.25, -0.2) is 9.59 Å². The summed E-state index contributed by atoms with van der Waals surface area (Å²) < 4.78 is 9.63. The van der Waals surface area contributed by atoms with E-state index in [9.17, 15) is 9.59 Å². The molecule has 0 aliphatic carbocycles. The second-order valence-corrected chi connectivity index (χ2v) is 5.21. The molecule has 0 spiro atoms. The molecule has 1 aromatic rings. The lowest BCUT2D eigenvalue weighted by molar-refractivity contribution is -0.137. The van der Waals surface area contributed by atoms with E-state index in [0.717, 1.165) is 17.1 Å². The standard InChI is InChI=1S/C15H18O4S/c1-3-20-11-10-19-14(16)9-6-12-4-7-13(8-5-12)15(17)18-2/h4-9H,3,10-11H2,1-2H3. The Morgan fingerprint density at radius 3 is 2.55 bits per heavy atom. The van der Waals surface area contributed by atoms with Crippen LogP contribution in [0.15, 0.2) is 30.3 Å². The number of carbonyl (C=O) groups excluding carboxylic acids is 2. The molecule has 0 radical (unpaired) electrons. The molecule has 0 aliphatic rings. The van der Waals surface area contributed by atoms with Gasteiger partial charge in [0, 0.05) is 11.8 Å². The van der Waals surface area contributed by atoms with Crippen LogP contribution in [0.2, 0.25) is 0 Å². The van der Waals surface area contributed by atoms with Gasteiger partial charge in [-0.1, -0.05) is 19.1 Å². The molecule has 0 saturated heterocycles. The molecule has 0 unspecified atom stereocenters. The minimum atomic E-state index is -0.381. The van der Waals surface area contributed by atoms with Crippen LogP contribution >= 0.6 is 11.8 Å². The molecular formula is C15H18O4S. The lowest BCUT2D eigenvalue weighted by Crippen LogP contribution is -2.04. The number of methoxy groups -OCH3 is 1. The van der Waals surface area contributed by atoms with Crippen LogP contribution in [0.4, 0.5) is 0 Å². The smallest absolute Gasteiger partial charge is 0.337 e. The lowest BCUT2D eigenvalue weighted by Gasteiger charge is -2.01. The monoisotopic (exact) mass is 294 g/mol. The first-order valence-corrected chi connectivity index (χ1v) is 7.43. The fourth-order valence-electron chi connectivity index (χ4n) is 1.41. The van der Waals surface area contributed by atoms with Crippen molar-refractivity contribution in [3.8, 4) is 0 Å². The average molecular weight is 294 g/mol. The van der Waals surface area contributed by atoms with Gasteiger partial charge in [-0.3, -0.25) is 0 Å². The number of thioether (sulfide) groups is 1. The Kier molecular flexibility index (Phi) is 7.50. The van der Waals surface area contributed by atoms with Crippen LogP contribution in [0.3, 0.4) is 0 Å². The highest BCUT2D eigenvalue weighted by Gasteiger charge is 2.03. The van der Waals surface area contributed by atoms with E-state index in [0.29, 0.717) is 12.2 Å². The van der Waals surface area contributed by atoms with Gasteiger partial charge in [-0.2, -0.15) is 11.8 Å². The van der Waals surface area contributed by atoms with Gasteiger partial charge in [0.25, 0.3) is 0 Å². The van der Waals surface area contributed by atoms with Gasteiger partial charge in [0.1, 0.15) is 6.61 Å². The predicted molar refractivity (Wildman–Crippen MR) is 80.8 cm³/mol. The van der Waals surface area contributed by atoms with Crippen LogP contribution in [0.25, 0.3) is 6.08 Å². The quantitative estimate of drug-likeness (QED) is 0.440. The van der Waals surface area contributed by atoms with Gasteiger partial charge < -0.3 is 9.47 Å². The second-order valence-electron chi connectivity index (χ2n) is 3.81. The summed E-state index contributed by atoms with van der Waals surface area (Å²) in [5, 5.41) is 0. The van der Waals surface area contributed by atoms with Crippen molar-refractivity contribution in [2.45, 2.75) is 6.92 Å². The van der Waals surface area contributed by atoms with Crippen molar-refractivity contribution in [1.82, 2.24) is 0 Å². The number of rotatable bonds is 7. The highest BCUT2D eigenvalue weighted by molar-refractivity contribution is 7.99. The molecule has 0 N–H and O–H groups in total. The Morgan fingerprint density at radius 2 is 1.95 bits per heavy atom. The van der Waals surface area contributed by atoms with Crippen molar-refractivity contribution in [3.05, 3.63) is 41.5 Å². The van der Waals surface area contributed by atoms with Gasteiger partial charge in [-0.05, 0) is 29.5 Å². The third-order valence-electron chi connectivity index (χ3n) is 2.42. The fourth-order valence-corrected chi connectivity index (χ4v) is 1.90. The SMILES string of the molecule is CCSCCOC(=O)C=Cc1ccc(C(=O)OC)cc1. The summed E-state index contributed by atoms with van der Waals surface area (Å²) >= 11 is 1.73. The molecular weight excluding hydrogens is 276 g/mol. The first-order valence-electron chi connectivity index (χ1n) is 6.28. The number of hydrogen-bond donors (Lipinski definition) is 0. The molecule has 5 heteroatoms. The Morgan fingerprint density at radius 1 is 1.25 bits per heavy atom. The minimum Gasteiger partial charge on any atom is -0.465 e. The molecule has 0 saturated carbocycles. The highest BCUT2D eigenvalue weighted by atomic mass is 32.2. The molecule has 4 nitrogen and oxygen atoms in total. The normalized spacial score (nSPS) is 10.5. The van der Waals surface area contributed by atoms with E-state index in [4.69, 9.17) is 4.74 Å². The molecule has 0 heterocycles. The molecule has 1 rings (SSSR count). The number of esters is 2. The largest absolute Gasteiger partial charge is 0.465 e. The average Bonchev–Trinajstić information content (AvgIpc) is 2.49. The van der Waals surface area contributed by atoms with E-state index in [1.807, 2.05) is 0 Å². The van der Waals surface area contributed by atoms with E-state index in [-0.39, 0.29) is 11.9 Å². The third kappa shape index (κ3) is 5.93. The van der Waals surface area contributed by atoms with Gasteiger partial charge >= 0.3 is 11.9 Å². The van der Waals surface area contributed by atoms with Crippen molar-refractivity contribution in [3.63, 3.8) is 0 Å². The second kappa shape index (κ2) is 9.20. The van der Waals surface area contributed by atoms with Crippen molar-refractivity contribution in [2.75, 3.05) is 25.2 Å². The van der Waals surface area contributed by atoms with Crippen LogP contribution in [0, 0.1) is 0 Å². The Bertz CT molecular complexity index is 465. The first kappa shape index (κ1) is 16.3. The van der Waals surface area contributed by atoms with Gasteiger partial charge in [-0.15, -0.1) is 0 Å². The van der Waals surface area contributed by atoms with Gasteiger partial charge in [0.15, 0.2) is 0 Å². The molecule has 1 aromatic carbocycles. The predicted octanol–water partition coefficient (Wildman–Crippen LogP) is 2.78. The summed E-state index contributed by atoms with van der Waals surface area (Å²) in [6, 6.07) is 6.77. The maximum absolute atomic E-state index is 11.4. The van der Waals surface area contributed by atoms with Crippen LogP contribution < -0.4 is 0 Å². The third-order valence-corrected chi connectivity index (χ3v) is 3.28. The summed E-state index contributed by atoms with van der Waals surface area (Å²) in [6.07, 6.45) is 3.03. The Balaban J connectivity index is 2.45. The van der Waals surface area contributed by atoms with Gasteiger partial charge in [0.2, 0.25) is 0 Å². The fraction of sp³-hybridized carbons (Fsp3) is 0.333. The molecule has 20 heavy (non-hydrogen) atoms. The number of ether oxygens (including phenoxy) is 2. The Labute approximate surface area is 123 Å². The molecule has 0 aromatic heterocycles. The highest BCUT2D eigenvalue weighted by Crippen LogP contribution is 2.07. The number of benzene rings is 1. The summed E-state index contributed by atoms with van der Waals surface area (Å²) in [4.78, 5) is 22.7. The molecule has 0 bridgehead atoms. The van der Waals surface area contributed by atoms with Crippen LogP contribution in [0.1, 0.15) is 22.8 Å². The van der Waals surface area contributed by atoms with E-state index in [2.05, 4.69) is 11.7 Å². The summed E-state index contributed by atoms with van der Waals surface area (Å²) in [5.74, 6) is 1.08. The van der Waals surface area contributed by atoms with E-state index in [1.165, 1.54) is 13.2 Å². The zero-order valence-electron chi connectivity index (χ0n) is 11.6. The van der Waals surface area contributed by atoms with E-state index >= 15 is 0 Å². The first-order chi connectivity index (χ1) is 9.67. The molecule has 0 fully saturated rings. The molecule has 108 valence electrons. The van der Waals surface area contributed by atoms with Crippen molar-refractivity contribution < 1.29 is 19.1 Å². The summed E-state index contributed by atoms with van der Waals surface area (Å²) in [7, 11) is 1.34.